The number of benzene rings is 1. The van der Waals surface area contributed by atoms with Crippen LogP contribution in [0.4, 0.5) is 0 Å². The molecule has 0 fully saturated rings. The van der Waals surface area contributed by atoms with E-state index in [1.165, 1.54) is 16.5 Å². The van der Waals surface area contributed by atoms with Crippen LogP contribution in [0.3, 0.4) is 0 Å². The minimum atomic E-state index is 0.0722. The number of aromatic nitrogens is 1. The Labute approximate surface area is 135 Å². The molecule has 1 aromatic heterocycles. The van der Waals surface area contributed by atoms with Gasteiger partial charge < -0.3 is 9.30 Å². The zero-order chi connectivity index (χ0) is 16.7. The van der Waals surface area contributed by atoms with Crippen molar-refractivity contribution in [3.05, 3.63) is 30.0 Å². The second-order valence-corrected chi connectivity index (χ2v) is 7.38. The fraction of sp³-hybridized carbons (Fsp3) is 0.600. The van der Waals surface area contributed by atoms with E-state index < -0.39 is 0 Å². The molecular formula is C20H31NO. The third kappa shape index (κ3) is 2.24. The van der Waals surface area contributed by atoms with Crippen LogP contribution in [-0.2, 0) is 5.54 Å². The quantitative estimate of drug-likeness (QED) is 0.699. The van der Waals surface area contributed by atoms with Gasteiger partial charge in [0.25, 0.3) is 0 Å². The van der Waals surface area contributed by atoms with Gasteiger partial charge in [-0.25, -0.2) is 0 Å². The predicted molar refractivity (Wildman–Crippen MR) is 95.7 cm³/mol. The van der Waals surface area contributed by atoms with Crippen molar-refractivity contribution < 1.29 is 4.74 Å². The molecule has 2 rings (SSSR count). The standard InChI is InChI=1S/C20H31NO/c1-13(2)20(14(3)4,15(5)6)21-12-11-17-16(7)9-10-18(22-8)19(17)21/h9-15H,1-8H3. The average Bonchev–Trinajstić information content (AvgIpc) is 2.85. The van der Waals surface area contributed by atoms with Crippen molar-refractivity contribution in [1.82, 2.24) is 4.57 Å². The van der Waals surface area contributed by atoms with Gasteiger partial charge in [-0.3, -0.25) is 0 Å². The van der Waals surface area contributed by atoms with Crippen molar-refractivity contribution in [3.8, 4) is 5.75 Å². The highest BCUT2D eigenvalue weighted by Gasteiger charge is 2.42. The summed E-state index contributed by atoms with van der Waals surface area (Å²) in [5.41, 5.74) is 2.61. The molecule has 0 radical (unpaired) electrons. The molecular weight excluding hydrogens is 270 g/mol. The lowest BCUT2D eigenvalue weighted by Crippen LogP contribution is -2.48. The van der Waals surface area contributed by atoms with Crippen LogP contribution in [0.5, 0.6) is 5.75 Å². The Bertz CT molecular complexity index is 627. The molecule has 122 valence electrons. The molecule has 0 amide bonds. The maximum atomic E-state index is 5.70. The van der Waals surface area contributed by atoms with Gasteiger partial charge in [-0.05, 0) is 42.4 Å². The summed E-state index contributed by atoms with van der Waals surface area (Å²) in [4.78, 5) is 0. The second-order valence-electron chi connectivity index (χ2n) is 7.38. The lowest BCUT2D eigenvalue weighted by Gasteiger charge is -2.47. The summed E-state index contributed by atoms with van der Waals surface area (Å²) in [6.07, 6.45) is 2.26. The van der Waals surface area contributed by atoms with Crippen molar-refractivity contribution in [3.63, 3.8) is 0 Å². The van der Waals surface area contributed by atoms with Gasteiger partial charge in [0.1, 0.15) is 5.75 Å². The Morgan fingerprint density at radius 3 is 1.91 bits per heavy atom. The smallest absolute Gasteiger partial charge is 0.143 e. The fourth-order valence-corrected chi connectivity index (χ4v) is 4.69. The maximum Gasteiger partial charge on any atom is 0.143 e. The van der Waals surface area contributed by atoms with Crippen LogP contribution in [0, 0.1) is 24.7 Å². The van der Waals surface area contributed by atoms with Crippen LogP contribution in [0.25, 0.3) is 10.9 Å². The highest BCUT2D eigenvalue weighted by molar-refractivity contribution is 5.89. The van der Waals surface area contributed by atoms with Gasteiger partial charge in [-0.1, -0.05) is 47.6 Å². The van der Waals surface area contributed by atoms with Gasteiger partial charge in [0.2, 0.25) is 0 Å². The first kappa shape index (κ1) is 16.9. The van der Waals surface area contributed by atoms with E-state index in [2.05, 4.69) is 77.4 Å². The molecule has 0 bridgehead atoms. The van der Waals surface area contributed by atoms with E-state index >= 15 is 0 Å². The molecule has 0 unspecified atom stereocenters. The van der Waals surface area contributed by atoms with E-state index in [9.17, 15) is 0 Å². The molecule has 0 atom stereocenters. The predicted octanol–water partition coefficient (Wildman–Crippen LogP) is 5.62. The zero-order valence-electron chi connectivity index (χ0n) is 15.4. The number of fused-ring (bicyclic) bond motifs is 1. The summed E-state index contributed by atoms with van der Waals surface area (Å²) in [6.45, 7) is 16.2. The Kier molecular flexibility index (Phi) is 4.60. The SMILES string of the molecule is COc1ccc(C)c2ccn(C(C(C)C)(C(C)C)C(C)C)c12. The third-order valence-electron chi connectivity index (χ3n) is 5.44. The first-order chi connectivity index (χ1) is 10.3. The number of aryl methyl sites for hydroxylation is 1. The molecule has 0 saturated carbocycles. The average molecular weight is 301 g/mol. The van der Waals surface area contributed by atoms with Crippen LogP contribution >= 0.6 is 0 Å². The van der Waals surface area contributed by atoms with Crippen molar-refractivity contribution in [2.75, 3.05) is 7.11 Å². The number of ether oxygens (including phenoxy) is 1. The zero-order valence-corrected chi connectivity index (χ0v) is 15.4. The number of methoxy groups -OCH3 is 1. The summed E-state index contributed by atoms with van der Waals surface area (Å²) in [7, 11) is 1.77. The van der Waals surface area contributed by atoms with E-state index in [0.29, 0.717) is 17.8 Å². The molecule has 0 N–H and O–H groups in total. The molecule has 2 heteroatoms. The van der Waals surface area contributed by atoms with E-state index in [-0.39, 0.29) is 5.54 Å². The molecule has 0 aliphatic rings. The van der Waals surface area contributed by atoms with Gasteiger partial charge >= 0.3 is 0 Å². The molecule has 0 spiro atoms. The maximum absolute atomic E-state index is 5.70. The normalized spacial score (nSPS) is 12.9. The molecule has 2 nitrogen and oxygen atoms in total. The Balaban J connectivity index is 2.89. The molecule has 0 aliphatic carbocycles. The van der Waals surface area contributed by atoms with E-state index in [1.807, 2.05) is 0 Å². The monoisotopic (exact) mass is 301 g/mol. The van der Waals surface area contributed by atoms with Gasteiger partial charge in [0, 0.05) is 11.6 Å². The lowest BCUT2D eigenvalue weighted by molar-refractivity contribution is 0.0668. The van der Waals surface area contributed by atoms with E-state index in [0.717, 1.165) is 5.75 Å². The van der Waals surface area contributed by atoms with E-state index in [4.69, 9.17) is 4.74 Å². The van der Waals surface area contributed by atoms with Crippen molar-refractivity contribution in [2.24, 2.45) is 17.8 Å². The Hall–Kier alpha value is -1.44. The molecule has 1 heterocycles. The van der Waals surface area contributed by atoms with Crippen molar-refractivity contribution in [2.45, 2.75) is 54.0 Å². The van der Waals surface area contributed by atoms with Gasteiger partial charge in [0.15, 0.2) is 0 Å². The lowest BCUT2D eigenvalue weighted by atomic mass is 9.69. The van der Waals surface area contributed by atoms with Gasteiger partial charge in [-0.15, -0.1) is 0 Å². The van der Waals surface area contributed by atoms with Crippen LogP contribution in [-0.4, -0.2) is 11.7 Å². The van der Waals surface area contributed by atoms with Crippen molar-refractivity contribution in [1.29, 1.82) is 0 Å². The summed E-state index contributed by atoms with van der Waals surface area (Å²) >= 11 is 0. The summed E-state index contributed by atoms with van der Waals surface area (Å²) in [5.74, 6) is 2.58. The number of nitrogens with zero attached hydrogens (tertiary/aromatic N) is 1. The van der Waals surface area contributed by atoms with Gasteiger partial charge in [0.05, 0.1) is 18.2 Å². The highest BCUT2D eigenvalue weighted by atomic mass is 16.5. The first-order valence-corrected chi connectivity index (χ1v) is 8.43. The van der Waals surface area contributed by atoms with Crippen LogP contribution < -0.4 is 4.74 Å². The van der Waals surface area contributed by atoms with Crippen LogP contribution in [0.15, 0.2) is 24.4 Å². The second kappa shape index (κ2) is 5.98. The summed E-state index contributed by atoms with van der Waals surface area (Å²) in [5, 5.41) is 1.30. The Morgan fingerprint density at radius 2 is 1.45 bits per heavy atom. The fourth-order valence-electron chi connectivity index (χ4n) is 4.69. The molecule has 22 heavy (non-hydrogen) atoms. The molecule has 0 saturated heterocycles. The minimum Gasteiger partial charge on any atom is -0.495 e. The molecule has 1 aromatic carbocycles. The first-order valence-electron chi connectivity index (χ1n) is 8.43. The molecule has 2 aromatic rings. The Morgan fingerprint density at radius 1 is 0.909 bits per heavy atom. The third-order valence-corrected chi connectivity index (χ3v) is 5.44. The molecule has 0 aliphatic heterocycles. The topological polar surface area (TPSA) is 14.2 Å². The minimum absolute atomic E-state index is 0.0722. The highest BCUT2D eigenvalue weighted by Crippen LogP contribution is 2.45. The van der Waals surface area contributed by atoms with Crippen LogP contribution in [0.1, 0.15) is 47.1 Å². The number of hydrogen-bond donors (Lipinski definition) is 0. The summed E-state index contributed by atoms with van der Waals surface area (Å²) < 4.78 is 8.19. The summed E-state index contributed by atoms with van der Waals surface area (Å²) in [6, 6.07) is 6.49. The van der Waals surface area contributed by atoms with E-state index in [1.54, 1.807) is 7.11 Å². The van der Waals surface area contributed by atoms with Gasteiger partial charge in [-0.2, -0.15) is 0 Å². The largest absolute Gasteiger partial charge is 0.495 e. The number of rotatable bonds is 5. The van der Waals surface area contributed by atoms with Crippen molar-refractivity contribution >= 4 is 10.9 Å². The number of hydrogen-bond acceptors (Lipinski definition) is 1. The van der Waals surface area contributed by atoms with Crippen LogP contribution in [0.2, 0.25) is 0 Å².